The second kappa shape index (κ2) is 5.14. The Morgan fingerprint density at radius 2 is 2.27 bits per heavy atom. The number of aromatic nitrogens is 1. The van der Waals surface area contributed by atoms with E-state index in [0.29, 0.717) is 5.56 Å². The summed E-state index contributed by atoms with van der Waals surface area (Å²) in [5.41, 5.74) is 0.301. The lowest BCUT2D eigenvalue weighted by Crippen LogP contribution is -2.31. The fourth-order valence-electron chi connectivity index (χ4n) is 0.925. The van der Waals surface area contributed by atoms with E-state index in [1.165, 1.54) is 12.1 Å². The van der Waals surface area contributed by atoms with Crippen molar-refractivity contribution in [3.8, 4) is 0 Å². The molecule has 5 heteroatoms. The van der Waals surface area contributed by atoms with Gasteiger partial charge in [0.1, 0.15) is 10.3 Å². The van der Waals surface area contributed by atoms with Crippen LogP contribution in [0.4, 0.5) is 0 Å². The van der Waals surface area contributed by atoms with Crippen LogP contribution in [0.5, 0.6) is 0 Å². The minimum absolute atomic E-state index is 0.0938. The van der Waals surface area contributed by atoms with Crippen LogP contribution in [0.15, 0.2) is 24.8 Å². The zero-order chi connectivity index (χ0) is 11.4. The van der Waals surface area contributed by atoms with Gasteiger partial charge in [0.25, 0.3) is 5.91 Å². The van der Waals surface area contributed by atoms with Crippen molar-refractivity contribution in [2.45, 2.75) is 13.0 Å². The lowest BCUT2D eigenvalue weighted by molar-refractivity contribution is 0.0947. The van der Waals surface area contributed by atoms with Gasteiger partial charge in [-0.15, -0.1) is 6.58 Å². The third-order valence-electron chi connectivity index (χ3n) is 1.77. The van der Waals surface area contributed by atoms with E-state index in [1.807, 2.05) is 6.92 Å². The van der Waals surface area contributed by atoms with Gasteiger partial charge in [-0.3, -0.25) is 4.79 Å². The van der Waals surface area contributed by atoms with Crippen LogP contribution in [0.2, 0.25) is 10.3 Å². The molecule has 1 heterocycles. The number of hydrogen-bond acceptors (Lipinski definition) is 2. The SMILES string of the molecule is C=CC(C)NC(=O)c1ccc(Cl)nc1Cl. The predicted molar refractivity (Wildman–Crippen MR) is 61.4 cm³/mol. The van der Waals surface area contributed by atoms with Gasteiger partial charge in [-0.05, 0) is 19.1 Å². The summed E-state index contributed by atoms with van der Waals surface area (Å²) < 4.78 is 0. The lowest BCUT2D eigenvalue weighted by Gasteiger charge is -2.09. The number of rotatable bonds is 3. The Morgan fingerprint density at radius 1 is 1.60 bits per heavy atom. The normalized spacial score (nSPS) is 11.9. The van der Waals surface area contributed by atoms with Crippen molar-refractivity contribution >= 4 is 29.1 Å². The zero-order valence-electron chi connectivity index (χ0n) is 8.13. The molecule has 0 aliphatic carbocycles. The number of pyridine rings is 1. The minimum Gasteiger partial charge on any atom is -0.346 e. The maximum Gasteiger partial charge on any atom is 0.254 e. The van der Waals surface area contributed by atoms with E-state index >= 15 is 0 Å². The summed E-state index contributed by atoms with van der Waals surface area (Å²) in [5.74, 6) is -0.295. The third kappa shape index (κ3) is 3.22. The molecule has 0 fully saturated rings. The van der Waals surface area contributed by atoms with Crippen molar-refractivity contribution in [3.63, 3.8) is 0 Å². The number of nitrogens with zero attached hydrogens (tertiary/aromatic N) is 1. The topological polar surface area (TPSA) is 42.0 Å². The van der Waals surface area contributed by atoms with Gasteiger partial charge in [-0.1, -0.05) is 29.3 Å². The van der Waals surface area contributed by atoms with Crippen molar-refractivity contribution in [3.05, 3.63) is 40.7 Å². The maximum atomic E-state index is 11.6. The van der Waals surface area contributed by atoms with Gasteiger partial charge in [0.05, 0.1) is 5.56 Å². The van der Waals surface area contributed by atoms with Gasteiger partial charge in [-0.25, -0.2) is 4.98 Å². The second-order valence-electron chi connectivity index (χ2n) is 2.97. The van der Waals surface area contributed by atoms with Gasteiger partial charge in [0, 0.05) is 6.04 Å². The maximum absolute atomic E-state index is 11.6. The van der Waals surface area contributed by atoms with E-state index in [0.717, 1.165) is 0 Å². The number of amides is 1. The molecule has 1 unspecified atom stereocenters. The smallest absolute Gasteiger partial charge is 0.254 e. The van der Waals surface area contributed by atoms with Crippen molar-refractivity contribution in [1.29, 1.82) is 0 Å². The first-order valence-corrected chi connectivity index (χ1v) is 5.05. The van der Waals surface area contributed by atoms with Crippen LogP contribution in [0, 0.1) is 0 Å². The molecule has 0 bridgehead atoms. The molecule has 1 aromatic heterocycles. The van der Waals surface area contributed by atoms with Crippen LogP contribution >= 0.6 is 23.2 Å². The van der Waals surface area contributed by atoms with Crippen LogP contribution in [0.1, 0.15) is 17.3 Å². The molecule has 0 saturated carbocycles. The molecule has 0 saturated heterocycles. The van der Waals surface area contributed by atoms with Crippen LogP contribution in [-0.4, -0.2) is 16.9 Å². The monoisotopic (exact) mass is 244 g/mol. The fourth-order valence-corrected chi connectivity index (χ4v) is 1.36. The number of carbonyl (C=O) groups is 1. The highest BCUT2D eigenvalue weighted by Gasteiger charge is 2.12. The first-order valence-electron chi connectivity index (χ1n) is 4.30. The Hall–Kier alpha value is -1.06. The third-order valence-corrected chi connectivity index (χ3v) is 2.27. The van der Waals surface area contributed by atoms with Crippen molar-refractivity contribution in [1.82, 2.24) is 10.3 Å². The van der Waals surface area contributed by atoms with Crippen LogP contribution in [0.25, 0.3) is 0 Å². The van der Waals surface area contributed by atoms with Gasteiger partial charge < -0.3 is 5.32 Å². The van der Waals surface area contributed by atoms with Crippen molar-refractivity contribution in [2.24, 2.45) is 0 Å². The molecule has 1 rings (SSSR count). The van der Waals surface area contributed by atoms with Crippen molar-refractivity contribution < 1.29 is 4.79 Å². The van der Waals surface area contributed by atoms with Crippen LogP contribution < -0.4 is 5.32 Å². The molecule has 80 valence electrons. The highest BCUT2D eigenvalue weighted by atomic mass is 35.5. The van der Waals surface area contributed by atoms with Gasteiger partial charge in [-0.2, -0.15) is 0 Å². The summed E-state index contributed by atoms with van der Waals surface area (Å²) in [7, 11) is 0. The van der Waals surface area contributed by atoms with E-state index in [1.54, 1.807) is 6.08 Å². The number of hydrogen-bond donors (Lipinski definition) is 1. The largest absolute Gasteiger partial charge is 0.346 e. The summed E-state index contributed by atoms with van der Waals surface area (Å²) in [4.78, 5) is 15.4. The second-order valence-corrected chi connectivity index (χ2v) is 3.72. The average Bonchev–Trinajstić information content (AvgIpc) is 2.17. The first-order chi connectivity index (χ1) is 7.04. The summed E-state index contributed by atoms with van der Waals surface area (Å²) in [6, 6.07) is 2.92. The quantitative estimate of drug-likeness (QED) is 0.657. The van der Waals surface area contributed by atoms with E-state index in [-0.39, 0.29) is 22.3 Å². The molecule has 1 atom stereocenters. The Balaban J connectivity index is 2.87. The summed E-state index contributed by atoms with van der Waals surface area (Å²) in [5, 5.41) is 3.03. The van der Waals surface area contributed by atoms with Gasteiger partial charge in [0.15, 0.2) is 0 Å². The molecule has 0 radical (unpaired) electrons. The van der Waals surface area contributed by atoms with Crippen LogP contribution in [0.3, 0.4) is 0 Å². The molecule has 0 spiro atoms. The molecule has 15 heavy (non-hydrogen) atoms. The Kier molecular flexibility index (Phi) is 4.12. The van der Waals surface area contributed by atoms with E-state index in [9.17, 15) is 4.79 Å². The van der Waals surface area contributed by atoms with E-state index in [4.69, 9.17) is 23.2 Å². The van der Waals surface area contributed by atoms with E-state index in [2.05, 4.69) is 16.9 Å². The Labute approximate surface area is 98.1 Å². The number of nitrogens with one attached hydrogen (secondary N) is 1. The molecule has 1 amide bonds. The molecule has 1 aromatic rings. The molecule has 0 aromatic carbocycles. The molecular weight excluding hydrogens is 235 g/mol. The number of carbonyl (C=O) groups excluding carboxylic acids is 1. The molecule has 3 nitrogen and oxygen atoms in total. The highest BCUT2D eigenvalue weighted by Crippen LogP contribution is 2.16. The number of halogens is 2. The highest BCUT2D eigenvalue weighted by molar-refractivity contribution is 6.34. The lowest BCUT2D eigenvalue weighted by atomic mass is 10.2. The minimum atomic E-state index is -0.295. The summed E-state index contributed by atoms with van der Waals surface area (Å²) in [6.45, 7) is 5.37. The molecular formula is C10H10Cl2N2O. The summed E-state index contributed by atoms with van der Waals surface area (Å²) >= 11 is 11.4. The van der Waals surface area contributed by atoms with Gasteiger partial charge in [0.2, 0.25) is 0 Å². The molecule has 0 aliphatic rings. The Morgan fingerprint density at radius 3 is 2.80 bits per heavy atom. The summed E-state index contributed by atoms with van der Waals surface area (Å²) in [6.07, 6.45) is 1.62. The molecule has 0 aliphatic heterocycles. The first kappa shape index (κ1) is 12.0. The van der Waals surface area contributed by atoms with Crippen molar-refractivity contribution in [2.75, 3.05) is 0 Å². The fraction of sp³-hybridized carbons (Fsp3) is 0.200. The van der Waals surface area contributed by atoms with Gasteiger partial charge >= 0.3 is 0 Å². The van der Waals surface area contributed by atoms with Crippen LogP contribution in [-0.2, 0) is 0 Å². The van der Waals surface area contributed by atoms with E-state index < -0.39 is 0 Å². The standard InChI is InChI=1S/C10H10Cl2N2O/c1-3-6(2)13-10(15)7-4-5-8(11)14-9(7)12/h3-6H,1H2,2H3,(H,13,15). The molecule has 1 N–H and O–H groups in total. The predicted octanol–water partition coefficient (Wildman–Crippen LogP) is 2.69. The zero-order valence-corrected chi connectivity index (χ0v) is 9.64. The Bertz CT molecular complexity index is 393. The average molecular weight is 245 g/mol.